The van der Waals surface area contributed by atoms with Gasteiger partial charge in [0.2, 0.25) is 0 Å². The third-order valence-corrected chi connectivity index (χ3v) is 2.88. The molecular formula is C13H13ClN2O5. The Bertz CT molecular complexity index is 717. The largest absolute Gasteiger partial charge is 0.460 e. The molecule has 0 aliphatic heterocycles. The van der Waals surface area contributed by atoms with Gasteiger partial charge in [0.05, 0.1) is 22.3 Å². The lowest BCUT2D eigenvalue weighted by atomic mass is 10.0. The number of carbonyl (C=O) groups excluding carboxylic acids is 1. The molecule has 0 saturated heterocycles. The smallest absolute Gasteiger partial charge is 0.311 e. The molecule has 0 bridgehead atoms. The monoisotopic (exact) mass is 312 g/mol. The van der Waals surface area contributed by atoms with Gasteiger partial charge >= 0.3 is 5.97 Å². The van der Waals surface area contributed by atoms with Crippen molar-refractivity contribution in [3.05, 3.63) is 33.0 Å². The molecule has 0 spiro atoms. The molecule has 0 N–H and O–H groups in total. The first-order chi connectivity index (χ1) is 9.69. The SMILES string of the molecule is CC(C)(C)OC(=O)Cc1c([N+](=O)[O-])ccc2onc(Cl)c12. The Hall–Kier alpha value is -2.15. The first-order valence-corrected chi connectivity index (χ1v) is 6.50. The minimum absolute atomic E-state index is 0.0211. The Morgan fingerprint density at radius 2 is 2.14 bits per heavy atom. The van der Waals surface area contributed by atoms with Crippen molar-refractivity contribution in [3.63, 3.8) is 0 Å². The summed E-state index contributed by atoms with van der Waals surface area (Å²) in [4.78, 5) is 22.5. The van der Waals surface area contributed by atoms with Crippen LogP contribution >= 0.6 is 11.6 Å². The lowest BCUT2D eigenvalue weighted by Crippen LogP contribution is -2.25. The van der Waals surface area contributed by atoms with Crippen LogP contribution in [-0.2, 0) is 16.0 Å². The molecule has 1 heterocycles. The maximum atomic E-state index is 11.9. The molecule has 0 amide bonds. The molecule has 1 aromatic heterocycles. The molecule has 0 radical (unpaired) electrons. The number of rotatable bonds is 3. The van der Waals surface area contributed by atoms with E-state index in [1.54, 1.807) is 20.8 Å². The van der Waals surface area contributed by atoms with E-state index in [0.717, 1.165) is 0 Å². The molecule has 0 atom stereocenters. The Morgan fingerprint density at radius 3 is 2.71 bits per heavy atom. The van der Waals surface area contributed by atoms with Gasteiger partial charge in [-0.2, -0.15) is 0 Å². The quantitative estimate of drug-likeness (QED) is 0.490. The van der Waals surface area contributed by atoms with Gasteiger partial charge < -0.3 is 9.26 Å². The maximum absolute atomic E-state index is 11.9. The third-order valence-electron chi connectivity index (χ3n) is 2.62. The van der Waals surface area contributed by atoms with Crippen LogP contribution in [0.1, 0.15) is 26.3 Å². The fraction of sp³-hybridized carbons (Fsp3) is 0.385. The van der Waals surface area contributed by atoms with E-state index in [0.29, 0.717) is 0 Å². The van der Waals surface area contributed by atoms with Gasteiger partial charge in [-0.05, 0) is 26.8 Å². The number of fused-ring (bicyclic) bond motifs is 1. The lowest BCUT2D eigenvalue weighted by Gasteiger charge is -2.19. The average Bonchev–Trinajstić information content (AvgIpc) is 2.69. The highest BCUT2D eigenvalue weighted by atomic mass is 35.5. The van der Waals surface area contributed by atoms with Gasteiger partial charge in [0.25, 0.3) is 5.69 Å². The van der Waals surface area contributed by atoms with Gasteiger partial charge in [-0.25, -0.2) is 0 Å². The highest BCUT2D eigenvalue weighted by molar-refractivity contribution is 6.34. The van der Waals surface area contributed by atoms with Crippen molar-refractivity contribution in [2.45, 2.75) is 32.8 Å². The van der Waals surface area contributed by atoms with Crippen molar-refractivity contribution in [2.24, 2.45) is 0 Å². The number of hydrogen-bond donors (Lipinski definition) is 0. The van der Waals surface area contributed by atoms with Crippen LogP contribution in [0.15, 0.2) is 16.7 Å². The lowest BCUT2D eigenvalue weighted by molar-refractivity contribution is -0.385. The van der Waals surface area contributed by atoms with Gasteiger partial charge in [-0.15, -0.1) is 0 Å². The molecule has 7 nitrogen and oxygen atoms in total. The number of ether oxygens (including phenoxy) is 1. The van der Waals surface area contributed by atoms with E-state index in [4.69, 9.17) is 20.9 Å². The minimum atomic E-state index is -0.682. The standard InChI is InChI=1S/C13H13ClN2O5/c1-13(2,3)20-10(17)6-7-8(16(18)19)4-5-9-11(7)12(14)15-21-9/h4-5H,6H2,1-3H3. The highest BCUT2D eigenvalue weighted by Crippen LogP contribution is 2.33. The first kappa shape index (κ1) is 15.2. The number of nitrogens with zero attached hydrogens (tertiary/aromatic N) is 2. The Morgan fingerprint density at radius 1 is 1.48 bits per heavy atom. The zero-order valence-electron chi connectivity index (χ0n) is 11.7. The van der Waals surface area contributed by atoms with Crippen LogP contribution in [0.5, 0.6) is 0 Å². The topological polar surface area (TPSA) is 95.5 Å². The van der Waals surface area contributed by atoms with Gasteiger partial charge in [0.1, 0.15) is 5.60 Å². The van der Waals surface area contributed by atoms with Gasteiger partial charge in [-0.1, -0.05) is 16.8 Å². The van der Waals surface area contributed by atoms with Crippen LogP contribution in [-0.4, -0.2) is 21.7 Å². The van der Waals surface area contributed by atoms with E-state index < -0.39 is 16.5 Å². The Balaban J connectivity index is 2.49. The summed E-state index contributed by atoms with van der Waals surface area (Å²) in [7, 11) is 0. The first-order valence-electron chi connectivity index (χ1n) is 6.12. The second-order valence-corrected chi connectivity index (χ2v) is 5.79. The van der Waals surface area contributed by atoms with Crippen molar-refractivity contribution >= 4 is 34.2 Å². The number of halogens is 1. The van der Waals surface area contributed by atoms with Crippen LogP contribution in [0, 0.1) is 10.1 Å². The summed E-state index contributed by atoms with van der Waals surface area (Å²) in [5.41, 5.74) is -0.487. The number of benzene rings is 1. The molecular weight excluding hydrogens is 300 g/mol. The van der Waals surface area contributed by atoms with E-state index >= 15 is 0 Å². The molecule has 0 aliphatic rings. The van der Waals surface area contributed by atoms with Crippen molar-refractivity contribution in [1.82, 2.24) is 5.16 Å². The van der Waals surface area contributed by atoms with E-state index in [2.05, 4.69) is 5.16 Å². The summed E-state index contributed by atoms with van der Waals surface area (Å²) in [6.07, 6.45) is -0.286. The number of aromatic nitrogens is 1. The van der Waals surface area contributed by atoms with E-state index in [1.807, 2.05) is 0 Å². The second-order valence-electron chi connectivity index (χ2n) is 5.43. The predicted molar refractivity (Wildman–Crippen MR) is 75.2 cm³/mol. The minimum Gasteiger partial charge on any atom is -0.460 e. The molecule has 0 fully saturated rings. The van der Waals surface area contributed by atoms with Crippen LogP contribution in [0.2, 0.25) is 5.15 Å². The zero-order valence-corrected chi connectivity index (χ0v) is 12.4. The zero-order chi connectivity index (χ0) is 15.8. The summed E-state index contributed by atoms with van der Waals surface area (Å²) >= 11 is 5.89. The van der Waals surface area contributed by atoms with Crippen LogP contribution < -0.4 is 0 Å². The van der Waals surface area contributed by atoms with E-state index in [-0.39, 0.29) is 33.8 Å². The molecule has 1 aromatic carbocycles. The molecule has 21 heavy (non-hydrogen) atoms. The number of nitro benzene ring substituents is 1. The summed E-state index contributed by atoms with van der Waals surface area (Å²) in [6, 6.07) is 2.65. The molecule has 112 valence electrons. The number of nitro groups is 1. The molecule has 2 rings (SSSR count). The molecule has 8 heteroatoms. The van der Waals surface area contributed by atoms with Crippen LogP contribution in [0.4, 0.5) is 5.69 Å². The van der Waals surface area contributed by atoms with E-state index in [9.17, 15) is 14.9 Å². The van der Waals surface area contributed by atoms with Crippen LogP contribution in [0.25, 0.3) is 11.0 Å². The second kappa shape index (κ2) is 5.33. The van der Waals surface area contributed by atoms with Crippen molar-refractivity contribution in [1.29, 1.82) is 0 Å². The third kappa shape index (κ3) is 3.30. The number of carbonyl (C=O) groups is 1. The summed E-state index contributed by atoms with van der Waals surface area (Å²) in [6.45, 7) is 5.14. The van der Waals surface area contributed by atoms with Gasteiger partial charge in [0, 0.05) is 6.07 Å². The fourth-order valence-electron chi connectivity index (χ4n) is 1.92. The Kier molecular flexibility index (Phi) is 3.87. The molecule has 0 unspecified atom stereocenters. The van der Waals surface area contributed by atoms with Crippen molar-refractivity contribution in [3.8, 4) is 0 Å². The fourth-order valence-corrected chi connectivity index (χ4v) is 2.17. The predicted octanol–water partition coefficient (Wildman–Crippen LogP) is 3.27. The summed E-state index contributed by atoms with van der Waals surface area (Å²) in [5, 5.41) is 14.9. The summed E-state index contributed by atoms with van der Waals surface area (Å²) < 4.78 is 10.1. The van der Waals surface area contributed by atoms with Crippen molar-refractivity contribution in [2.75, 3.05) is 0 Å². The van der Waals surface area contributed by atoms with Crippen molar-refractivity contribution < 1.29 is 19.0 Å². The molecule has 0 aliphatic carbocycles. The summed E-state index contributed by atoms with van der Waals surface area (Å²) in [5.74, 6) is -0.588. The van der Waals surface area contributed by atoms with Crippen LogP contribution in [0.3, 0.4) is 0 Å². The highest BCUT2D eigenvalue weighted by Gasteiger charge is 2.26. The average molecular weight is 313 g/mol. The van der Waals surface area contributed by atoms with E-state index in [1.165, 1.54) is 12.1 Å². The Labute approximate surface area is 124 Å². The number of esters is 1. The van der Waals surface area contributed by atoms with Gasteiger partial charge in [0.15, 0.2) is 10.7 Å². The number of hydrogen-bond acceptors (Lipinski definition) is 6. The van der Waals surface area contributed by atoms with Gasteiger partial charge in [-0.3, -0.25) is 14.9 Å². The molecule has 0 saturated carbocycles. The normalized spacial score (nSPS) is 11.6. The molecule has 2 aromatic rings. The maximum Gasteiger partial charge on any atom is 0.311 e.